The van der Waals surface area contributed by atoms with Crippen molar-refractivity contribution in [2.24, 2.45) is 0 Å². The average Bonchev–Trinajstić information content (AvgIpc) is 3.28. The van der Waals surface area contributed by atoms with Gasteiger partial charge in [0.25, 0.3) is 0 Å². The van der Waals surface area contributed by atoms with Crippen molar-refractivity contribution in [2.45, 2.75) is 297 Å². The van der Waals surface area contributed by atoms with E-state index in [-0.39, 0.29) is 31.1 Å². The second kappa shape index (κ2) is 52.3. The molecule has 0 fully saturated rings. The molecule has 63 heavy (non-hydrogen) atoms. The van der Waals surface area contributed by atoms with Gasteiger partial charge in [0, 0.05) is 19.3 Å². The van der Waals surface area contributed by atoms with E-state index in [0.717, 1.165) is 96.3 Å². The molecule has 1 unspecified atom stereocenters. The highest BCUT2D eigenvalue weighted by Gasteiger charge is 2.19. The zero-order chi connectivity index (χ0) is 45.8. The SMILES string of the molecule is CCC/C=C\C/C=C\CCCCCCCC(=O)OC(COC(=O)CCCCCCC/C=C\CCCCCC)COC(=O)CCCCCCCCCCCCCCCCCCCCC. The van der Waals surface area contributed by atoms with Crippen LogP contribution in [0.25, 0.3) is 0 Å². The highest BCUT2D eigenvalue weighted by atomic mass is 16.6. The summed E-state index contributed by atoms with van der Waals surface area (Å²) in [5.74, 6) is -0.888. The van der Waals surface area contributed by atoms with Gasteiger partial charge in [-0.25, -0.2) is 0 Å². The van der Waals surface area contributed by atoms with Crippen LogP contribution in [0.15, 0.2) is 36.5 Å². The lowest BCUT2D eigenvalue weighted by molar-refractivity contribution is -0.167. The van der Waals surface area contributed by atoms with E-state index in [1.807, 2.05) is 0 Å². The van der Waals surface area contributed by atoms with Crippen LogP contribution in [0.4, 0.5) is 0 Å². The topological polar surface area (TPSA) is 78.9 Å². The first-order valence-electron chi connectivity index (χ1n) is 27.5. The standard InChI is InChI=1S/C57H104O6/c1-4-7-10-13-16-19-22-25-26-27-28-29-30-33-35-38-41-44-47-50-56(59)62-53-54(63-57(60)51-48-45-42-39-36-32-24-21-18-15-12-9-6-3)52-61-55(58)49-46-43-40-37-34-31-23-20-17-14-11-8-5-2/h12,15,20-21,23-24,54H,4-11,13-14,16-19,22,25-53H2,1-3H3/b15-12-,23-20-,24-21-. The maximum atomic E-state index is 12.8. The predicted octanol–water partition coefficient (Wildman–Crippen LogP) is 18.1. The molecule has 0 spiro atoms. The lowest BCUT2D eigenvalue weighted by Crippen LogP contribution is -2.30. The van der Waals surface area contributed by atoms with Crippen LogP contribution in [0.1, 0.15) is 290 Å². The Morgan fingerprint density at radius 2 is 0.603 bits per heavy atom. The summed E-state index contributed by atoms with van der Waals surface area (Å²) in [4.78, 5) is 38.0. The van der Waals surface area contributed by atoms with Gasteiger partial charge < -0.3 is 14.2 Å². The van der Waals surface area contributed by atoms with Gasteiger partial charge in [0.05, 0.1) is 0 Å². The highest BCUT2D eigenvalue weighted by molar-refractivity contribution is 5.71. The molecule has 6 heteroatoms. The third-order valence-electron chi connectivity index (χ3n) is 12.1. The fraction of sp³-hybridized carbons (Fsp3) is 0.842. The van der Waals surface area contributed by atoms with E-state index < -0.39 is 6.10 Å². The molecule has 0 aliphatic rings. The third-order valence-corrected chi connectivity index (χ3v) is 12.1. The van der Waals surface area contributed by atoms with Gasteiger partial charge in [0.2, 0.25) is 0 Å². The van der Waals surface area contributed by atoms with Crippen LogP contribution in [-0.2, 0) is 28.6 Å². The molecule has 0 aromatic heterocycles. The Balaban J connectivity index is 4.31. The number of allylic oxidation sites excluding steroid dienone is 6. The number of hydrogen-bond acceptors (Lipinski definition) is 6. The molecule has 0 saturated heterocycles. The molecule has 1 atom stereocenters. The van der Waals surface area contributed by atoms with E-state index in [2.05, 4.69) is 57.2 Å². The molecule has 0 aliphatic heterocycles. The first-order valence-corrected chi connectivity index (χ1v) is 27.5. The Kier molecular flexibility index (Phi) is 50.3. The smallest absolute Gasteiger partial charge is 0.306 e. The Labute approximate surface area is 391 Å². The van der Waals surface area contributed by atoms with Crippen molar-refractivity contribution in [3.8, 4) is 0 Å². The Morgan fingerprint density at radius 3 is 0.968 bits per heavy atom. The van der Waals surface area contributed by atoms with Gasteiger partial charge in [-0.15, -0.1) is 0 Å². The summed E-state index contributed by atoms with van der Waals surface area (Å²) in [5, 5.41) is 0. The molecule has 0 aliphatic carbocycles. The number of carbonyl (C=O) groups is 3. The summed E-state index contributed by atoms with van der Waals surface area (Å²) in [6, 6.07) is 0. The lowest BCUT2D eigenvalue weighted by Gasteiger charge is -2.18. The molecule has 0 amide bonds. The molecule has 0 saturated carbocycles. The molecule has 0 radical (unpaired) electrons. The minimum atomic E-state index is -0.779. The van der Waals surface area contributed by atoms with Crippen molar-refractivity contribution in [1.82, 2.24) is 0 Å². The van der Waals surface area contributed by atoms with Gasteiger partial charge in [0.15, 0.2) is 6.10 Å². The average molecular weight is 885 g/mol. The number of hydrogen-bond donors (Lipinski definition) is 0. The molecule has 0 aromatic rings. The molecular formula is C57H104O6. The summed E-state index contributed by atoms with van der Waals surface area (Å²) in [6.07, 6.45) is 61.3. The summed E-state index contributed by atoms with van der Waals surface area (Å²) >= 11 is 0. The molecular weight excluding hydrogens is 781 g/mol. The van der Waals surface area contributed by atoms with E-state index in [1.54, 1.807) is 0 Å². The highest BCUT2D eigenvalue weighted by Crippen LogP contribution is 2.16. The van der Waals surface area contributed by atoms with Gasteiger partial charge >= 0.3 is 17.9 Å². The van der Waals surface area contributed by atoms with Crippen molar-refractivity contribution in [1.29, 1.82) is 0 Å². The van der Waals surface area contributed by atoms with E-state index >= 15 is 0 Å². The number of esters is 3. The zero-order valence-electron chi connectivity index (χ0n) is 42.1. The van der Waals surface area contributed by atoms with Crippen LogP contribution in [-0.4, -0.2) is 37.2 Å². The normalized spacial score (nSPS) is 12.2. The lowest BCUT2D eigenvalue weighted by atomic mass is 10.0. The summed E-state index contributed by atoms with van der Waals surface area (Å²) in [6.45, 7) is 6.57. The second-order valence-electron chi connectivity index (χ2n) is 18.5. The number of rotatable bonds is 50. The summed E-state index contributed by atoms with van der Waals surface area (Å²) in [5.41, 5.74) is 0. The zero-order valence-corrected chi connectivity index (χ0v) is 42.1. The predicted molar refractivity (Wildman–Crippen MR) is 270 cm³/mol. The molecule has 0 aromatic carbocycles. The molecule has 0 heterocycles. The van der Waals surface area contributed by atoms with Gasteiger partial charge in [-0.2, -0.15) is 0 Å². The summed E-state index contributed by atoms with van der Waals surface area (Å²) in [7, 11) is 0. The fourth-order valence-corrected chi connectivity index (χ4v) is 7.95. The van der Waals surface area contributed by atoms with Crippen molar-refractivity contribution in [3.05, 3.63) is 36.5 Å². The maximum Gasteiger partial charge on any atom is 0.306 e. The van der Waals surface area contributed by atoms with Crippen molar-refractivity contribution in [3.63, 3.8) is 0 Å². The Bertz CT molecular complexity index is 1060. The summed E-state index contributed by atoms with van der Waals surface area (Å²) < 4.78 is 16.8. The van der Waals surface area contributed by atoms with Gasteiger partial charge in [-0.1, -0.05) is 237 Å². The maximum absolute atomic E-state index is 12.8. The van der Waals surface area contributed by atoms with Crippen LogP contribution < -0.4 is 0 Å². The quantitative estimate of drug-likeness (QED) is 0.0262. The van der Waals surface area contributed by atoms with Crippen LogP contribution >= 0.6 is 0 Å². The number of carbonyl (C=O) groups excluding carboxylic acids is 3. The van der Waals surface area contributed by atoms with Crippen LogP contribution in [0.5, 0.6) is 0 Å². The first-order chi connectivity index (χ1) is 31.0. The van der Waals surface area contributed by atoms with Crippen molar-refractivity contribution >= 4 is 17.9 Å². The first kappa shape index (κ1) is 60.6. The van der Waals surface area contributed by atoms with Crippen LogP contribution in [0.3, 0.4) is 0 Å². The molecule has 0 N–H and O–H groups in total. The minimum absolute atomic E-state index is 0.0773. The van der Waals surface area contributed by atoms with Gasteiger partial charge in [-0.3, -0.25) is 14.4 Å². The molecule has 0 bridgehead atoms. The van der Waals surface area contributed by atoms with Crippen molar-refractivity contribution < 1.29 is 28.6 Å². The second-order valence-corrected chi connectivity index (χ2v) is 18.5. The number of unbranched alkanes of at least 4 members (excludes halogenated alkanes) is 33. The monoisotopic (exact) mass is 885 g/mol. The van der Waals surface area contributed by atoms with Crippen molar-refractivity contribution in [2.75, 3.05) is 13.2 Å². The van der Waals surface area contributed by atoms with E-state index in [0.29, 0.717) is 19.3 Å². The molecule has 6 nitrogen and oxygen atoms in total. The largest absolute Gasteiger partial charge is 0.462 e. The van der Waals surface area contributed by atoms with Gasteiger partial charge in [-0.05, 0) is 70.6 Å². The molecule has 368 valence electrons. The Morgan fingerprint density at radius 1 is 0.317 bits per heavy atom. The van der Waals surface area contributed by atoms with Gasteiger partial charge in [0.1, 0.15) is 13.2 Å². The Hall–Kier alpha value is -2.37. The fourth-order valence-electron chi connectivity index (χ4n) is 7.95. The van der Waals surface area contributed by atoms with Crippen LogP contribution in [0, 0.1) is 0 Å². The van der Waals surface area contributed by atoms with Crippen LogP contribution in [0.2, 0.25) is 0 Å². The number of ether oxygens (including phenoxy) is 3. The van der Waals surface area contributed by atoms with E-state index in [4.69, 9.17) is 14.2 Å². The third kappa shape index (κ3) is 50.5. The minimum Gasteiger partial charge on any atom is -0.462 e. The van der Waals surface area contributed by atoms with E-state index in [9.17, 15) is 14.4 Å². The molecule has 0 rings (SSSR count). The van der Waals surface area contributed by atoms with E-state index in [1.165, 1.54) is 154 Å².